The van der Waals surface area contributed by atoms with Crippen LogP contribution in [-0.4, -0.2) is 9.38 Å². The van der Waals surface area contributed by atoms with Crippen molar-refractivity contribution in [2.75, 3.05) is 0 Å². The van der Waals surface area contributed by atoms with E-state index in [1.54, 1.807) is 0 Å². The summed E-state index contributed by atoms with van der Waals surface area (Å²) in [4.78, 5) is 5.03. The molecule has 0 bridgehead atoms. The summed E-state index contributed by atoms with van der Waals surface area (Å²) in [5.41, 5.74) is 13.1. The lowest BCUT2D eigenvalue weighted by Gasteiger charge is -2.20. The molecular weight excluding hydrogens is 352 g/mol. The highest BCUT2D eigenvalue weighted by molar-refractivity contribution is 6.15. The second-order valence-electron chi connectivity index (χ2n) is 8.60. The number of pyridine rings is 1. The zero-order valence-corrected chi connectivity index (χ0v) is 17.4. The second-order valence-corrected chi connectivity index (χ2v) is 8.60. The number of aryl methyl sites for hydroxylation is 6. The average molecular weight is 377 g/mol. The van der Waals surface area contributed by atoms with Crippen LogP contribution in [0.2, 0.25) is 0 Å². The van der Waals surface area contributed by atoms with Crippen molar-refractivity contribution in [2.45, 2.75) is 40.5 Å². The molecule has 0 spiro atoms. The lowest BCUT2D eigenvalue weighted by molar-refractivity contribution is 0.866. The van der Waals surface area contributed by atoms with Gasteiger partial charge in [0.1, 0.15) is 5.65 Å². The number of rotatable bonds is 1. The first-order valence-electron chi connectivity index (χ1n) is 10.5. The maximum atomic E-state index is 5.03. The van der Waals surface area contributed by atoms with E-state index >= 15 is 0 Å². The maximum Gasteiger partial charge on any atom is 0.145 e. The first-order chi connectivity index (χ1) is 14.0. The van der Waals surface area contributed by atoms with Gasteiger partial charge in [-0.2, -0.15) is 0 Å². The van der Waals surface area contributed by atoms with Crippen molar-refractivity contribution in [3.63, 3.8) is 0 Å². The predicted molar refractivity (Wildman–Crippen MR) is 122 cm³/mol. The Bertz CT molecular complexity index is 1460. The summed E-state index contributed by atoms with van der Waals surface area (Å²) in [5, 5.41) is 3.96. The average Bonchev–Trinajstić information content (AvgIpc) is 3.05. The highest BCUT2D eigenvalue weighted by atomic mass is 15.0. The third-order valence-corrected chi connectivity index (χ3v) is 6.80. The van der Waals surface area contributed by atoms with Crippen molar-refractivity contribution < 1.29 is 0 Å². The molecule has 2 heteroatoms. The molecule has 6 rings (SSSR count). The Morgan fingerprint density at radius 1 is 0.793 bits per heavy atom. The summed E-state index contributed by atoms with van der Waals surface area (Å²) < 4.78 is 2.44. The van der Waals surface area contributed by atoms with Gasteiger partial charge in [0, 0.05) is 16.5 Å². The Hall–Kier alpha value is -3.13. The van der Waals surface area contributed by atoms with Gasteiger partial charge in [0.15, 0.2) is 0 Å². The van der Waals surface area contributed by atoms with E-state index in [0.29, 0.717) is 0 Å². The molecule has 0 radical (unpaired) electrons. The topological polar surface area (TPSA) is 17.3 Å². The van der Waals surface area contributed by atoms with E-state index in [9.17, 15) is 0 Å². The first kappa shape index (κ1) is 16.8. The SMILES string of the molecule is Cc1cccc(C)c1-c1ccc2c(c1)c1c(C)ccc3c1n1c(c(C)nc21)CC3. The molecule has 3 heterocycles. The molecule has 2 nitrogen and oxygen atoms in total. The molecule has 5 aromatic rings. The molecule has 0 fully saturated rings. The van der Waals surface area contributed by atoms with Crippen molar-refractivity contribution in [1.82, 2.24) is 9.38 Å². The van der Waals surface area contributed by atoms with Crippen molar-refractivity contribution in [1.29, 1.82) is 0 Å². The molecular formula is C27H24N2. The second kappa shape index (κ2) is 5.70. The molecule has 3 aromatic carbocycles. The van der Waals surface area contributed by atoms with Crippen LogP contribution in [0.4, 0.5) is 0 Å². The monoisotopic (exact) mass is 376 g/mol. The highest BCUT2D eigenvalue weighted by Gasteiger charge is 2.23. The van der Waals surface area contributed by atoms with Gasteiger partial charge in [-0.3, -0.25) is 4.40 Å². The number of hydrogen-bond donors (Lipinski definition) is 0. The Labute approximate surface area is 170 Å². The molecule has 1 aliphatic heterocycles. The van der Waals surface area contributed by atoms with Gasteiger partial charge in [-0.1, -0.05) is 36.4 Å². The van der Waals surface area contributed by atoms with Crippen molar-refractivity contribution in [3.8, 4) is 11.1 Å². The van der Waals surface area contributed by atoms with Gasteiger partial charge in [-0.15, -0.1) is 0 Å². The van der Waals surface area contributed by atoms with E-state index in [-0.39, 0.29) is 0 Å². The Kier molecular flexibility index (Phi) is 3.30. The van der Waals surface area contributed by atoms with Gasteiger partial charge in [0.25, 0.3) is 0 Å². The third-order valence-electron chi connectivity index (χ3n) is 6.80. The Morgan fingerprint density at radius 3 is 2.38 bits per heavy atom. The van der Waals surface area contributed by atoms with Gasteiger partial charge >= 0.3 is 0 Å². The van der Waals surface area contributed by atoms with E-state index in [2.05, 4.69) is 80.6 Å². The van der Waals surface area contributed by atoms with Crippen LogP contribution in [0.5, 0.6) is 0 Å². The van der Waals surface area contributed by atoms with Crippen LogP contribution < -0.4 is 0 Å². The molecule has 0 N–H and O–H groups in total. The van der Waals surface area contributed by atoms with Crippen LogP contribution >= 0.6 is 0 Å². The summed E-state index contributed by atoms with van der Waals surface area (Å²) in [6, 6.07) is 18.1. The van der Waals surface area contributed by atoms with E-state index in [0.717, 1.165) is 18.5 Å². The number of nitrogens with zero attached hydrogens (tertiary/aromatic N) is 2. The minimum Gasteiger partial charge on any atom is -0.296 e. The number of hydrogen-bond acceptors (Lipinski definition) is 1. The zero-order valence-electron chi connectivity index (χ0n) is 17.4. The lowest BCUT2D eigenvalue weighted by Crippen LogP contribution is -2.08. The number of benzene rings is 3. The van der Waals surface area contributed by atoms with Crippen molar-refractivity contribution in [3.05, 3.63) is 82.2 Å². The molecule has 142 valence electrons. The van der Waals surface area contributed by atoms with E-state index in [1.165, 1.54) is 66.4 Å². The summed E-state index contributed by atoms with van der Waals surface area (Å²) in [6.45, 7) is 8.82. The normalized spacial score (nSPS) is 13.2. The fraction of sp³-hybridized carbons (Fsp3) is 0.222. The molecule has 29 heavy (non-hydrogen) atoms. The van der Waals surface area contributed by atoms with Crippen LogP contribution in [0.25, 0.3) is 38.4 Å². The van der Waals surface area contributed by atoms with Crippen molar-refractivity contribution >= 4 is 27.3 Å². The molecule has 0 saturated carbocycles. The molecule has 2 aromatic heterocycles. The van der Waals surface area contributed by atoms with Crippen LogP contribution in [0.15, 0.2) is 48.5 Å². The molecule has 0 unspecified atom stereocenters. The van der Waals surface area contributed by atoms with Gasteiger partial charge in [0.05, 0.1) is 11.2 Å². The molecule has 0 amide bonds. The Morgan fingerprint density at radius 2 is 1.59 bits per heavy atom. The zero-order chi connectivity index (χ0) is 19.9. The summed E-state index contributed by atoms with van der Waals surface area (Å²) in [5.74, 6) is 0. The highest BCUT2D eigenvalue weighted by Crippen LogP contribution is 2.39. The van der Waals surface area contributed by atoms with Gasteiger partial charge in [-0.05, 0) is 91.4 Å². The van der Waals surface area contributed by atoms with E-state index in [1.807, 2.05) is 0 Å². The fourth-order valence-corrected chi connectivity index (χ4v) is 5.43. The minimum absolute atomic E-state index is 1.07. The van der Waals surface area contributed by atoms with Gasteiger partial charge in [-0.25, -0.2) is 4.98 Å². The molecule has 0 atom stereocenters. The van der Waals surface area contributed by atoms with E-state index in [4.69, 9.17) is 4.98 Å². The predicted octanol–water partition coefficient (Wildman–Crippen LogP) is 6.64. The van der Waals surface area contributed by atoms with Gasteiger partial charge in [0.2, 0.25) is 0 Å². The standard InChI is InChI=1S/C27H24N2/c1-15-6-5-7-16(2)24(15)20-10-12-21-22(14-20)25-17(3)8-9-19-11-13-23-18(4)28-27(21)29(23)26(19)25/h5-10,12,14H,11,13H2,1-4H3. The quantitative estimate of drug-likeness (QED) is 0.300. The smallest absolute Gasteiger partial charge is 0.145 e. The minimum atomic E-state index is 1.07. The number of imidazole rings is 1. The summed E-state index contributed by atoms with van der Waals surface area (Å²) in [7, 11) is 0. The number of fused-ring (bicyclic) bond motifs is 3. The lowest BCUT2D eigenvalue weighted by atomic mass is 9.90. The van der Waals surface area contributed by atoms with Crippen LogP contribution in [0.1, 0.15) is 33.6 Å². The first-order valence-corrected chi connectivity index (χ1v) is 10.5. The van der Waals surface area contributed by atoms with Crippen LogP contribution in [0.3, 0.4) is 0 Å². The Balaban J connectivity index is 1.84. The third kappa shape index (κ3) is 2.15. The van der Waals surface area contributed by atoms with Crippen molar-refractivity contribution in [2.24, 2.45) is 0 Å². The summed E-state index contributed by atoms with van der Waals surface area (Å²) >= 11 is 0. The molecule has 1 aliphatic rings. The van der Waals surface area contributed by atoms with Crippen LogP contribution in [-0.2, 0) is 12.8 Å². The fourth-order valence-electron chi connectivity index (χ4n) is 5.43. The van der Waals surface area contributed by atoms with Crippen LogP contribution in [0, 0.1) is 27.7 Å². The van der Waals surface area contributed by atoms with Gasteiger partial charge < -0.3 is 0 Å². The molecule has 0 aliphatic carbocycles. The molecule has 0 saturated heterocycles. The maximum absolute atomic E-state index is 5.03. The summed E-state index contributed by atoms with van der Waals surface area (Å²) in [6.07, 6.45) is 2.17. The number of aromatic nitrogens is 2. The largest absolute Gasteiger partial charge is 0.296 e. The van der Waals surface area contributed by atoms with E-state index < -0.39 is 0 Å².